The first-order chi connectivity index (χ1) is 9.45. The van der Waals surface area contributed by atoms with E-state index in [0.29, 0.717) is 10.8 Å². The van der Waals surface area contributed by atoms with E-state index in [-0.39, 0.29) is 13.0 Å². The van der Waals surface area contributed by atoms with Crippen LogP contribution in [-0.2, 0) is 9.59 Å². The molecule has 20 heavy (non-hydrogen) atoms. The van der Waals surface area contributed by atoms with Gasteiger partial charge in [-0.1, -0.05) is 23.7 Å². The van der Waals surface area contributed by atoms with Crippen LogP contribution in [0.2, 0.25) is 5.02 Å². The molecule has 0 spiro atoms. The van der Waals surface area contributed by atoms with E-state index in [1.54, 1.807) is 24.3 Å². The normalized spacial score (nSPS) is 13.3. The van der Waals surface area contributed by atoms with Gasteiger partial charge in [-0.3, -0.25) is 4.79 Å². The number of aliphatic hydroxyl groups excluding tert-OH is 1. The molecule has 1 amide bonds. The van der Waals surface area contributed by atoms with E-state index in [2.05, 4.69) is 5.32 Å². The fourth-order valence-corrected chi connectivity index (χ4v) is 1.64. The van der Waals surface area contributed by atoms with Crippen LogP contribution in [0.3, 0.4) is 0 Å². The van der Waals surface area contributed by atoms with Gasteiger partial charge in [0.15, 0.2) is 6.10 Å². The summed E-state index contributed by atoms with van der Waals surface area (Å²) in [5.41, 5.74) is 0. The molecule has 0 bridgehead atoms. The topological polar surface area (TPSA) is 95.9 Å². The first-order valence-corrected chi connectivity index (χ1v) is 6.38. The average molecular weight is 302 g/mol. The van der Waals surface area contributed by atoms with E-state index in [1.165, 1.54) is 6.92 Å². The lowest BCUT2D eigenvalue weighted by Gasteiger charge is -2.18. The molecule has 1 unspecified atom stereocenters. The van der Waals surface area contributed by atoms with Crippen LogP contribution in [0.1, 0.15) is 13.3 Å². The fourth-order valence-electron chi connectivity index (χ4n) is 1.46. The summed E-state index contributed by atoms with van der Waals surface area (Å²) in [5.74, 6) is -1.46. The van der Waals surface area contributed by atoms with Crippen LogP contribution in [0.4, 0.5) is 0 Å². The van der Waals surface area contributed by atoms with E-state index in [9.17, 15) is 9.59 Å². The lowest BCUT2D eigenvalue weighted by atomic mass is 10.2. The second kappa shape index (κ2) is 7.72. The number of para-hydroxylation sites is 1. The Morgan fingerprint density at radius 1 is 1.40 bits per heavy atom. The molecule has 0 saturated carbocycles. The summed E-state index contributed by atoms with van der Waals surface area (Å²) >= 11 is 5.90. The highest BCUT2D eigenvalue weighted by atomic mass is 35.5. The van der Waals surface area contributed by atoms with Crippen LogP contribution in [0.15, 0.2) is 24.3 Å². The van der Waals surface area contributed by atoms with Gasteiger partial charge < -0.3 is 20.3 Å². The standard InChI is InChI=1S/C13H16ClNO5/c1-8(20-11-5-3-2-4-9(11)14)12(17)15-10(6-7-16)13(18)19/h2-5,8,10,16H,6-7H2,1H3,(H,15,17)(H,18,19)/t8?,10-/m1/s1. The van der Waals surface area contributed by atoms with Crippen molar-refractivity contribution in [2.45, 2.75) is 25.5 Å². The van der Waals surface area contributed by atoms with Crippen LogP contribution < -0.4 is 10.1 Å². The molecule has 0 aliphatic carbocycles. The highest BCUT2D eigenvalue weighted by molar-refractivity contribution is 6.32. The summed E-state index contributed by atoms with van der Waals surface area (Å²) in [6.45, 7) is 1.15. The van der Waals surface area contributed by atoms with Crippen molar-refractivity contribution >= 4 is 23.5 Å². The summed E-state index contributed by atoms with van der Waals surface area (Å²) in [6.07, 6.45) is -0.977. The summed E-state index contributed by atoms with van der Waals surface area (Å²) in [4.78, 5) is 22.7. The van der Waals surface area contributed by atoms with Crippen LogP contribution in [0.25, 0.3) is 0 Å². The molecule has 1 aromatic carbocycles. The van der Waals surface area contributed by atoms with Crippen molar-refractivity contribution < 1.29 is 24.5 Å². The predicted octanol–water partition coefficient (Wildman–Crippen LogP) is 1.06. The molecule has 0 aliphatic rings. The molecule has 1 aromatic rings. The van der Waals surface area contributed by atoms with Crippen molar-refractivity contribution in [1.29, 1.82) is 0 Å². The zero-order valence-corrected chi connectivity index (χ0v) is 11.6. The summed E-state index contributed by atoms with van der Waals surface area (Å²) in [5, 5.41) is 20.3. The van der Waals surface area contributed by atoms with Gasteiger partial charge in [-0.25, -0.2) is 4.79 Å². The van der Waals surface area contributed by atoms with E-state index in [4.69, 9.17) is 26.6 Å². The number of ether oxygens (including phenoxy) is 1. The Labute approximate surface area is 121 Å². The number of halogens is 1. The maximum atomic E-state index is 11.8. The largest absolute Gasteiger partial charge is 0.480 e. The number of rotatable bonds is 7. The minimum absolute atomic E-state index is 0.0696. The zero-order chi connectivity index (χ0) is 15.1. The molecule has 0 aromatic heterocycles. The summed E-state index contributed by atoms with van der Waals surface area (Å²) in [7, 11) is 0. The van der Waals surface area contributed by atoms with Gasteiger partial charge in [-0.15, -0.1) is 0 Å². The molecule has 7 heteroatoms. The lowest BCUT2D eigenvalue weighted by molar-refractivity contribution is -0.143. The second-order valence-electron chi connectivity index (χ2n) is 4.10. The smallest absolute Gasteiger partial charge is 0.326 e. The third kappa shape index (κ3) is 4.71. The zero-order valence-electron chi connectivity index (χ0n) is 10.9. The second-order valence-corrected chi connectivity index (χ2v) is 4.51. The van der Waals surface area contributed by atoms with Crippen LogP contribution in [-0.4, -0.2) is 40.8 Å². The predicted molar refractivity (Wildman–Crippen MR) is 72.8 cm³/mol. The van der Waals surface area contributed by atoms with E-state index in [0.717, 1.165) is 0 Å². The number of aliphatic hydroxyl groups is 1. The number of aliphatic carboxylic acids is 1. The number of benzene rings is 1. The maximum absolute atomic E-state index is 11.8. The Balaban J connectivity index is 2.63. The molecule has 110 valence electrons. The first-order valence-electron chi connectivity index (χ1n) is 6.01. The number of carboxylic acid groups (broad SMARTS) is 1. The summed E-state index contributed by atoms with van der Waals surface area (Å²) < 4.78 is 5.37. The van der Waals surface area contributed by atoms with Gasteiger partial charge in [0.25, 0.3) is 5.91 Å². The number of nitrogens with one attached hydrogen (secondary N) is 1. The van der Waals surface area contributed by atoms with Gasteiger partial charge in [-0.05, 0) is 19.1 Å². The molecular formula is C13H16ClNO5. The third-order valence-corrected chi connectivity index (χ3v) is 2.85. The minimum Gasteiger partial charge on any atom is -0.480 e. The van der Waals surface area contributed by atoms with Crippen molar-refractivity contribution in [2.24, 2.45) is 0 Å². The third-order valence-electron chi connectivity index (χ3n) is 2.54. The Bertz CT molecular complexity index is 480. The molecule has 0 fully saturated rings. The number of carbonyl (C=O) groups is 2. The van der Waals surface area contributed by atoms with Gasteiger partial charge in [0.05, 0.1) is 5.02 Å². The van der Waals surface area contributed by atoms with E-state index < -0.39 is 24.0 Å². The SMILES string of the molecule is CC(Oc1ccccc1Cl)C(=O)N[C@H](CCO)C(=O)O. The molecule has 0 radical (unpaired) electrons. The first kappa shape index (κ1) is 16.3. The molecule has 3 N–H and O–H groups in total. The Morgan fingerprint density at radius 2 is 2.05 bits per heavy atom. The van der Waals surface area contributed by atoms with Crippen LogP contribution in [0, 0.1) is 0 Å². The van der Waals surface area contributed by atoms with Gasteiger partial charge in [0.2, 0.25) is 0 Å². The maximum Gasteiger partial charge on any atom is 0.326 e. The molecule has 0 aliphatic heterocycles. The fraction of sp³-hybridized carbons (Fsp3) is 0.385. The monoisotopic (exact) mass is 301 g/mol. The highest BCUT2D eigenvalue weighted by Gasteiger charge is 2.23. The van der Waals surface area contributed by atoms with Gasteiger partial charge in [0, 0.05) is 13.0 Å². The van der Waals surface area contributed by atoms with Crippen molar-refractivity contribution in [1.82, 2.24) is 5.32 Å². The molecular weight excluding hydrogens is 286 g/mol. The Kier molecular flexibility index (Phi) is 6.27. The number of hydrogen-bond donors (Lipinski definition) is 3. The van der Waals surface area contributed by atoms with Gasteiger partial charge >= 0.3 is 5.97 Å². The van der Waals surface area contributed by atoms with Crippen LogP contribution in [0.5, 0.6) is 5.75 Å². The average Bonchev–Trinajstić information content (AvgIpc) is 2.40. The quantitative estimate of drug-likeness (QED) is 0.700. The van der Waals surface area contributed by atoms with Gasteiger partial charge in [-0.2, -0.15) is 0 Å². The van der Waals surface area contributed by atoms with Crippen molar-refractivity contribution in [3.05, 3.63) is 29.3 Å². The minimum atomic E-state index is -1.21. The van der Waals surface area contributed by atoms with Crippen molar-refractivity contribution in [3.8, 4) is 5.75 Å². The molecule has 0 heterocycles. The molecule has 0 saturated heterocycles. The molecule has 6 nitrogen and oxygen atoms in total. The number of carbonyl (C=O) groups excluding carboxylic acids is 1. The Morgan fingerprint density at radius 3 is 2.60 bits per heavy atom. The number of hydrogen-bond acceptors (Lipinski definition) is 4. The molecule has 1 rings (SSSR count). The van der Waals surface area contributed by atoms with E-state index >= 15 is 0 Å². The molecule has 2 atom stereocenters. The van der Waals surface area contributed by atoms with Gasteiger partial charge in [0.1, 0.15) is 11.8 Å². The van der Waals surface area contributed by atoms with Crippen molar-refractivity contribution in [2.75, 3.05) is 6.61 Å². The summed E-state index contributed by atoms with van der Waals surface area (Å²) in [6, 6.07) is 5.51. The van der Waals surface area contributed by atoms with E-state index in [1.807, 2.05) is 0 Å². The van der Waals surface area contributed by atoms with Crippen LogP contribution >= 0.6 is 11.6 Å². The van der Waals surface area contributed by atoms with Crippen molar-refractivity contribution in [3.63, 3.8) is 0 Å². The highest BCUT2D eigenvalue weighted by Crippen LogP contribution is 2.24. The lowest BCUT2D eigenvalue weighted by Crippen LogP contribution is -2.46. The Hall–Kier alpha value is -1.79. The number of carboxylic acids is 1. The number of amides is 1.